The van der Waals surface area contributed by atoms with Gasteiger partial charge in [0.05, 0.1) is 11.6 Å². The van der Waals surface area contributed by atoms with Gasteiger partial charge >= 0.3 is 0 Å². The molecule has 0 spiro atoms. The lowest BCUT2D eigenvalue weighted by Crippen LogP contribution is -2.36. The van der Waals surface area contributed by atoms with Gasteiger partial charge in [0.25, 0.3) is 0 Å². The molecule has 114 valence electrons. The van der Waals surface area contributed by atoms with E-state index in [9.17, 15) is 13.5 Å². The van der Waals surface area contributed by atoms with Crippen LogP contribution in [0.2, 0.25) is 10.0 Å². The minimum atomic E-state index is -3.72. The zero-order valence-corrected chi connectivity index (χ0v) is 14.6. The van der Waals surface area contributed by atoms with Gasteiger partial charge in [-0.2, -0.15) is 16.1 Å². The molecular weight excluding hydrogens is 341 g/mol. The van der Waals surface area contributed by atoms with Crippen LogP contribution in [0.25, 0.3) is 0 Å². The van der Waals surface area contributed by atoms with Gasteiger partial charge in [-0.15, -0.1) is 0 Å². The highest BCUT2D eigenvalue weighted by Crippen LogP contribution is 2.31. The van der Waals surface area contributed by atoms with Crippen LogP contribution in [0.15, 0.2) is 17.0 Å². The van der Waals surface area contributed by atoms with Crippen LogP contribution in [-0.2, 0) is 16.6 Å². The summed E-state index contributed by atoms with van der Waals surface area (Å²) in [6.45, 7) is 1.48. The number of nitrogens with zero attached hydrogens (tertiary/aromatic N) is 1. The molecule has 1 N–H and O–H groups in total. The number of benzene rings is 1. The van der Waals surface area contributed by atoms with Gasteiger partial charge in [0, 0.05) is 23.9 Å². The molecule has 1 aromatic carbocycles. The number of rotatable bonds is 6. The van der Waals surface area contributed by atoms with Gasteiger partial charge in [0.2, 0.25) is 10.0 Å². The van der Waals surface area contributed by atoms with Crippen molar-refractivity contribution >= 4 is 45.0 Å². The molecule has 0 bridgehead atoms. The Balaban J connectivity index is 3.28. The molecule has 4 nitrogen and oxygen atoms in total. The van der Waals surface area contributed by atoms with Crippen molar-refractivity contribution in [2.24, 2.45) is 0 Å². The standard InChI is InChI=1S/C12H17Cl2NO3S2/c1-8(7-19-3)15(2)20(17,18)12-4-9(6-16)10(13)5-11(12)14/h4-5,8,16H,6-7H2,1-3H3. The number of hydrogen-bond donors (Lipinski definition) is 1. The number of halogens is 2. The second kappa shape index (κ2) is 7.33. The Bertz CT molecular complexity index is 578. The third-order valence-electron chi connectivity index (χ3n) is 2.96. The van der Waals surface area contributed by atoms with E-state index >= 15 is 0 Å². The topological polar surface area (TPSA) is 57.6 Å². The second-order valence-corrected chi connectivity index (χ2v) is 8.05. The molecule has 0 fully saturated rings. The molecule has 0 saturated carbocycles. The molecule has 0 aromatic heterocycles. The van der Waals surface area contributed by atoms with Crippen LogP contribution in [0.5, 0.6) is 0 Å². The van der Waals surface area contributed by atoms with Gasteiger partial charge in [-0.05, 0) is 30.9 Å². The van der Waals surface area contributed by atoms with Crippen molar-refractivity contribution < 1.29 is 13.5 Å². The van der Waals surface area contributed by atoms with Crippen LogP contribution in [0.1, 0.15) is 12.5 Å². The molecule has 20 heavy (non-hydrogen) atoms. The summed E-state index contributed by atoms with van der Waals surface area (Å²) >= 11 is 13.4. The quantitative estimate of drug-likeness (QED) is 0.850. The summed E-state index contributed by atoms with van der Waals surface area (Å²) in [5.74, 6) is 0.674. The lowest BCUT2D eigenvalue weighted by molar-refractivity contribution is 0.281. The summed E-state index contributed by atoms with van der Waals surface area (Å²) < 4.78 is 26.4. The van der Waals surface area contributed by atoms with Crippen LogP contribution in [-0.4, -0.2) is 42.9 Å². The number of sulfonamides is 1. The molecule has 0 saturated heterocycles. The fourth-order valence-corrected chi connectivity index (χ4v) is 4.62. The van der Waals surface area contributed by atoms with Crippen molar-refractivity contribution in [3.63, 3.8) is 0 Å². The molecule has 1 atom stereocenters. The monoisotopic (exact) mass is 357 g/mol. The molecule has 1 aromatic rings. The Kier molecular flexibility index (Phi) is 6.63. The van der Waals surface area contributed by atoms with Crippen molar-refractivity contribution in [3.05, 3.63) is 27.7 Å². The molecule has 1 rings (SSSR count). The van der Waals surface area contributed by atoms with Gasteiger partial charge in [0.15, 0.2) is 0 Å². The predicted octanol–water partition coefficient (Wildman–Crippen LogP) is 2.86. The number of hydrogen-bond acceptors (Lipinski definition) is 4. The maximum atomic E-state index is 12.6. The second-order valence-electron chi connectivity index (χ2n) is 4.36. The molecule has 1 unspecified atom stereocenters. The Morgan fingerprint density at radius 3 is 2.45 bits per heavy atom. The van der Waals surface area contributed by atoms with Crippen molar-refractivity contribution in [1.82, 2.24) is 4.31 Å². The summed E-state index contributed by atoms with van der Waals surface area (Å²) in [7, 11) is -2.21. The fraction of sp³-hybridized carbons (Fsp3) is 0.500. The van der Waals surface area contributed by atoms with E-state index in [-0.39, 0.29) is 27.6 Å². The normalized spacial score (nSPS) is 13.8. The van der Waals surface area contributed by atoms with E-state index in [2.05, 4.69) is 0 Å². The summed E-state index contributed by atoms with van der Waals surface area (Å²) in [5.41, 5.74) is 0.334. The molecule has 0 amide bonds. The van der Waals surface area contributed by atoms with Gasteiger partial charge in [-0.3, -0.25) is 0 Å². The van der Waals surface area contributed by atoms with Crippen molar-refractivity contribution in [1.29, 1.82) is 0 Å². The molecule has 0 heterocycles. The first-order valence-electron chi connectivity index (χ1n) is 5.81. The average molecular weight is 358 g/mol. The number of aliphatic hydroxyl groups excluding tert-OH is 1. The number of aliphatic hydroxyl groups is 1. The smallest absolute Gasteiger partial charge is 0.244 e. The fourth-order valence-electron chi connectivity index (χ4n) is 1.63. The zero-order valence-electron chi connectivity index (χ0n) is 11.4. The molecule has 0 aliphatic carbocycles. The summed E-state index contributed by atoms with van der Waals surface area (Å²) in [4.78, 5) is -0.0388. The van der Waals surface area contributed by atoms with Crippen molar-refractivity contribution in [2.75, 3.05) is 19.1 Å². The van der Waals surface area contributed by atoms with E-state index in [1.807, 2.05) is 13.2 Å². The predicted molar refractivity (Wildman–Crippen MR) is 85.2 cm³/mol. The van der Waals surface area contributed by atoms with Crippen molar-refractivity contribution in [3.8, 4) is 0 Å². The van der Waals surface area contributed by atoms with Crippen LogP contribution >= 0.6 is 35.0 Å². The maximum absolute atomic E-state index is 12.6. The maximum Gasteiger partial charge on any atom is 0.244 e. The lowest BCUT2D eigenvalue weighted by Gasteiger charge is -2.24. The van der Waals surface area contributed by atoms with E-state index in [4.69, 9.17) is 23.2 Å². The lowest BCUT2D eigenvalue weighted by atomic mass is 10.2. The molecular formula is C12H17Cl2NO3S2. The van der Waals surface area contributed by atoms with E-state index in [0.717, 1.165) is 0 Å². The van der Waals surface area contributed by atoms with Crippen LogP contribution in [0, 0.1) is 0 Å². The highest BCUT2D eigenvalue weighted by molar-refractivity contribution is 7.98. The summed E-state index contributed by atoms with van der Waals surface area (Å²) in [6.07, 6.45) is 1.91. The van der Waals surface area contributed by atoms with Crippen LogP contribution in [0.3, 0.4) is 0 Å². The van der Waals surface area contributed by atoms with Gasteiger partial charge in [-0.25, -0.2) is 8.42 Å². The van der Waals surface area contributed by atoms with Crippen LogP contribution < -0.4 is 0 Å². The van der Waals surface area contributed by atoms with E-state index in [0.29, 0.717) is 11.3 Å². The van der Waals surface area contributed by atoms with Gasteiger partial charge in [0.1, 0.15) is 4.90 Å². The molecule has 0 aliphatic rings. The Morgan fingerprint density at radius 2 is 1.95 bits per heavy atom. The van der Waals surface area contributed by atoms with Gasteiger partial charge in [-0.1, -0.05) is 23.2 Å². The van der Waals surface area contributed by atoms with E-state index in [1.54, 1.807) is 11.8 Å². The third-order valence-corrected chi connectivity index (χ3v) is 6.56. The minimum Gasteiger partial charge on any atom is -0.392 e. The Labute approximate surface area is 134 Å². The largest absolute Gasteiger partial charge is 0.392 e. The minimum absolute atomic E-state index is 0.0388. The first-order chi connectivity index (χ1) is 9.25. The van der Waals surface area contributed by atoms with Crippen molar-refractivity contribution in [2.45, 2.75) is 24.5 Å². The highest BCUT2D eigenvalue weighted by Gasteiger charge is 2.28. The summed E-state index contributed by atoms with van der Waals surface area (Å²) in [6, 6.07) is 2.50. The van der Waals surface area contributed by atoms with E-state index in [1.165, 1.54) is 23.5 Å². The molecule has 0 radical (unpaired) electrons. The molecule has 0 aliphatic heterocycles. The highest BCUT2D eigenvalue weighted by atomic mass is 35.5. The van der Waals surface area contributed by atoms with E-state index < -0.39 is 10.0 Å². The molecule has 8 heteroatoms. The SMILES string of the molecule is CSCC(C)N(C)S(=O)(=O)c1cc(CO)c(Cl)cc1Cl. The van der Waals surface area contributed by atoms with Crippen LogP contribution in [0.4, 0.5) is 0 Å². The van der Waals surface area contributed by atoms with Gasteiger partial charge < -0.3 is 5.11 Å². The zero-order chi connectivity index (χ0) is 15.5. The number of thioether (sulfide) groups is 1. The Hall–Kier alpha value is 0.0200. The average Bonchev–Trinajstić information content (AvgIpc) is 2.37. The first kappa shape index (κ1) is 18.1. The summed E-state index contributed by atoms with van der Waals surface area (Å²) in [5, 5.41) is 9.49. The Morgan fingerprint density at radius 1 is 1.35 bits per heavy atom. The first-order valence-corrected chi connectivity index (χ1v) is 9.40. The third kappa shape index (κ3) is 3.81.